The molecule has 1 heterocycles. The summed E-state index contributed by atoms with van der Waals surface area (Å²) in [6, 6.07) is 0. The van der Waals surface area contributed by atoms with Crippen molar-refractivity contribution in [1.82, 2.24) is 9.97 Å². The Bertz CT molecular complexity index is 444. The van der Waals surface area contributed by atoms with Crippen LogP contribution in [0, 0.1) is 8.99 Å². The molecule has 5 nitrogen and oxygen atoms in total. The molecule has 3 N–H and O–H groups in total. The molecule has 0 saturated carbocycles. The Labute approximate surface area is 121 Å². The van der Waals surface area contributed by atoms with Crippen molar-refractivity contribution in [2.75, 3.05) is 24.5 Å². The Balaban J connectivity index is 3.05. The van der Waals surface area contributed by atoms with Crippen LogP contribution in [0.3, 0.4) is 0 Å². The maximum Gasteiger partial charge on any atom is 0.266 e. The van der Waals surface area contributed by atoms with Crippen LogP contribution in [-0.2, 0) is 0 Å². The van der Waals surface area contributed by atoms with Gasteiger partial charge in [-0.1, -0.05) is 20.8 Å². The first-order chi connectivity index (χ1) is 8.41. The molecule has 0 aliphatic heterocycles. The summed E-state index contributed by atoms with van der Waals surface area (Å²) in [5.41, 5.74) is 5.69. The highest BCUT2D eigenvalue weighted by atomic mass is 127. The van der Waals surface area contributed by atoms with Gasteiger partial charge in [0.05, 0.1) is 6.33 Å². The van der Waals surface area contributed by atoms with Gasteiger partial charge in [-0.05, 0) is 41.0 Å². The predicted octanol–water partition coefficient (Wildman–Crippen LogP) is 1.58. The number of aromatic amines is 1. The molecular formula is C12H21IN4O. The normalized spacial score (nSPS) is 11.6. The molecule has 1 aromatic rings. The lowest BCUT2D eigenvalue weighted by atomic mass is 9.93. The second-order valence-electron chi connectivity index (χ2n) is 5.16. The zero-order valence-corrected chi connectivity index (χ0v) is 13.3. The molecule has 6 heteroatoms. The Kier molecular flexibility index (Phi) is 5.58. The van der Waals surface area contributed by atoms with E-state index in [9.17, 15) is 4.79 Å². The fourth-order valence-electron chi connectivity index (χ4n) is 1.71. The summed E-state index contributed by atoms with van der Waals surface area (Å²) in [4.78, 5) is 20.7. The molecule has 0 amide bonds. The van der Waals surface area contributed by atoms with Crippen molar-refractivity contribution in [3.05, 3.63) is 20.3 Å². The van der Waals surface area contributed by atoms with Gasteiger partial charge in [-0.3, -0.25) is 4.79 Å². The first kappa shape index (κ1) is 15.4. The smallest absolute Gasteiger partial charge is 0.266 e. The van der Waals surface area contributed by atoms with Gasteiger partial charge in [-0.15, -0.1) is 0 Å². The second kappa shape index (κ2) is 6.51. The lowest BCUT2D eigenvalue weighted by Gasteiger charge is -2.32. The van der Waals surface area contributed by atoms with Crippen LogP contribution in [0.4, 0.5) is 5.82 Å². The third-order valence-corrected chi connectivity index (χ3v) is 3.72. The molecule has 0 saturated heterocycles. The molecule has 0 unspecified atom stereocenters. The summed E-state index contributed by atoms with van der Waals surface area (Å²) in [7, 11) is 0. The predicted molar refractivity (Wildman–Crippen MR) is 82.9 cm³/mol. The van der Waals surface area contributed by atoms with Gasteiger partial charge in [0.2, 0.25) is 0 Å². The van der Waals surface area contributed by atoms with E-state index >= 15 is 0 Å². The van der Waals surface area contributed by atoms with Gasteiger partial charge >= 0.3 is 0 Å². The molecule has 0 aliphatic carbocycles. The second-order valence-corrected chi connectivity index (χ2v) is 6.24. The number of hydrogen-bond acceptors (Lipinski definition) is 4. The number of nitrogens with one attached hydrogen (secondary N) is 1. The van der Waals surface area contributed by atoms with Gasteiger partial charge in [-0.25, -0.2) is 4.98 Å². The molecule has 0 spiro atoms. The molecule has 0 fully saturated rings. The molecule has 0 bridgehead atoms. The minimum absolute atomic E-state index is 0.00251. The van der Waals surface area contributed by atoms with Crippen molar-refractivity contribution in [2.45, 2.75) is 27.2 Å². The van der Waals surface area contributed by atoms with Crippen LogP contribution in [-0.4, -0.2) is 29.6 Å². The molecule has 1 rings (SSSR count). The molecule has 102 valence electrons. The Morgan fingerprint density at radius 1 is 1.56 bits per heavy atom. The third-order valence-electron chi connectivity index (χ3n) is 2.74. The zero-order chi connectivity index (χ0) is 13.8. The Morgan fingerprint density at radius 3 is 2.78 bits per heavy atom. The summed E-state index contributed by atoms with van der Waals surface area (Å²) in [5.74, 6) is 0.753. The van der Waals surface area contributed by atoms with E-state index in [0.717, 1.165) is 25.3 Å². The molecular weight excluding hydrogens is 343 g/mol. The van der Waals surface area contributed by atoms with E-state index in [1.54, 1.807) is 0 Å². The number of nitrogens with zero attached hydrogens (tertiary/aromatic N) is 2. The monoisotopic (exact) mass is 364 g/mol. The van der Waals surface area contributed by atoms with E-state index in [0.29, 0.717) is 10.1 Å². The van der Waals surface area contributed by atoms with Crippen LogP contribution in [0.25, 0.3) is 0 Å². The maximum absolute atomic E-state index is 11.6. The van der Waals surface area contributed by atoms with Crippen molar-refractivity contribution in [3.63, 3.8) is 0 Å². The highest BCUT2D eigenvalue weighted by Gasteiger charge is 2.22. The standard InChI is InChI=1S/C12H21IN4O/c1-4-5-17(7-12(2,3)6-14)10-9(13)11(18)16-8-15-10/h8H,4-7,14H2,1-3H3,(H,15,16,18). The van der Waals surface area contributed by atoms with Gasteiger partial charge in [0.25, 0.3) is 5.56 Å². The number of hydrogen-bond donors (Lipinski definition) is 2. The first-order valence-electron chi connectivity index (χ1n) is 6.09. The highest BCUT2D eigenvalue weighted by molar-refractivity contribution is 14.1. The molecule has 0 aromatic carbocycles. The minimum Gasteiger partial charge on any atom is -0.355 e. The van der Waals surface area contributed by atoms with E-state index in [2.05, 4.69) is 35.6 Å². The Morgan fingerprint density at radius 2 is 2.22 bits per heavy atom. The summed E-state index contributed by atoms with van der Waals surface area (Å²) >= 11 is 2.04. The zero-order valence-electron chi connectivity index (χ0n) is 11.2. The molecule has 1 aromatic heterocycles. The number of halogens is 1. The molecule has 18 heavy (non-hydrogen) atoms. The van der Waals surface area contributed by atoms with Crippen LogP contribution in [0.1, 0.15) is 27.2 Å². The van der Waals surface area contributed by atoms with Crippen molar-refractivity contribution in [3.8, 4) is 0 Å². The van der Waals surface area contributed by atoms with Gasteiger partial charge in [0.15, 0.2) is 0 Å². The van der Waals surface area contributed by atoms with Crippen LogP contribution in [0.15, 0.2) is 11.1 Å². The van der Waals surface area contributed by atoms with Crippen molar-refractivity contribution >= 4 is 28.4 Å². The molecule has 0 aliphatic rings. The van der Waals surface area contributed by atoms with Crippen LogP contribution in [0.5, 0.6) is 0 Å². The average Bonchev–Trinajstić information content (AvgIpc) is 2.32. The van der Waals surface area contributed by atoms with Crippen molar-refractivity contribution < 1.29 is 0 Å². The van der Waals surface area contributed by atoms with E-state index in [4.69, 9.17) is 5.73 Å². The number of H-pyrrole nitrogens is 1. The third kappa shape index (κ3) is 3.94. The van der Waals surface area contributed by atoms with Gasteiger partial charge < -0.3 is 15.6 Å². The first-order valence-corrected chi connectivity index (χ1v) is 7.17. The SMILES string of the molecule is CCCN(CC(C)(C)CN)c1nc[nH]c(=O)c1I. The lowest BCUT2D eigenvalue weighted by molar-refractivity contribution is 0.376. The number of aromatic nitrogens is 2. The molecule has 0 atom stereocenters. The van der Waals surface area contributed by atoms with Crippen LogP contribution < -0.4 is 16.2 Å². The number of anilines is 1. The lowest BCUT2D eigenvalue weighted by Crippen LogP contribution is -2.40. The fourth-order valence-corrected chi connectivity index (χ4v) is 2.34. The summed E-state index contributed by atoms with van der Waals surface area (Å²) in [5, 5.41) is 0. The Hall–Kier alpha value is -0.630. The molecule has 0 radical (unpaired) electrons. The minimum atomic E-state index is -0.0905. The van der Waals surface area contributed by atoms with Gasteiger partial charge in [0.1, 0.15) is 9.39 Å². The largest absolute Gasteiger partial charge is 0.355 e. The summed E-state index contributed by atoms with van der Waals surface area (Å²) in [6.07, 6.45) is 2.46. The number of nitrogens with two attached hydrogens (primary N) is 1. The average molecular weight is 364 g/mol. The van der Waals surface area contributed by atoms with E-state index in [1.165, 1.54) is 6.33 Å². The van der Waals surface area contributed by atoms with E-state index in [1.807, 2.05) is 22.6 Å². The fraction of sp³-hybridized carbons (Fsp3) is 0.667. The van der Waals surface area contributed by atoms with Gasteiger partial charge in [-0.2, -0.15) is 0 Å². The maximum atomic E-state index is 11.6. The highest BCUT2D eigenvalue weighted by Crippen LogP contribution is 2.22. The van der Waals surface area contributed by atoms with Gasteiger partial charge in [0, 0.05) is 13.1 Å². The summed E-state index contributed by atoms with van der Waals surface area (Å²) in [6.45, 7) is 8.63. The topological polar surface area (TPSA) is 75.0 Å². The quantitative estimate of drug-likeness (QED) is 0.752. The van der Waals surface area contributed by atoms with Crippen LogP contribution in [0.2, 0.25) is 0 Å². The van der Waals surface area contributed by atoms with Crippen LogP contribution >= 0.6 is 22.6 Å². The number of rotatable bonds is 6. The van der Waals surface area contributed by atoms with E-state index in [-0.39, 0.29) is 11.0 Å². The van der Waals surface area contributed by atoms with E-state index < -0.39 is 0 Å². The van der Waals surface area contributed by atoms with Crippen molar-refractivity contribution in [2.24, 2.45) is 11.1 Å². The van der Waals surface area contributed by atoms with Crippen molar-refractivity contribution in [1.29, 1.82) is 0 Å². The summed E-state index contributed by atoms with van der Waals surface area (Å²) < 4.78 is 0.636.